The SMILES string of the molecule is CCOC(=O)C(CNC(=O)OC(C)(C)C)c1c(F)ccc2cnc(OC)nc12. The highest BCUT2D eigenvalue weighted by Crippen LogP contribution is 2.29. The van der Waals surface area contributed by atoms with Crippen molar-refractivity contribution < 1.29 is 28.2 Å². The number of nitrogens with one attached hydrogen (secondary N) is 1. The Balaban J connectivity index is 2.44. The number of esters is 1. The van der Waals surface area contributed by atoms with Crippen LogP contribution in [0.4, 0.5) is 9.18 Å². The molecule has 0 spiro atoms. The van der Waals surface area contributed by atoms with E-state index in [0.29, 0.717) is 5.39 Å². The Kier molecular flexibility index (Phi) is 6.71. The lowest BCUT2D eigenvalue weighted by Gasteiger charge is -2.22. The lowest BCUT2D eigenvalue weighted by Crippen LogP contribution is -2.37. The summed E-state index contributed by atoms with van der Waals surface area (Å²) >= 11 is 0. The minimum atomic E-state index is -1.13. The second-order valence-electron chi connectivity index (χ2n) is 6.94. The Hall–Kier alpha value is -2.97. The van der Waals surface area contributed by atoms with E-state index in [9.17, 15) is 14.0 Å². The van der Waals surface area contributed by atoms with Gasteiger partial charge in [0.05, 0.1) is 19.2 Å². The fourth-order valence-electron chi connectivity index (χ4n) is 2.55. The maximum absolute atomic E-state index is 14.7. The fraction of sp³-hybridized carbons (Fsp3) is 0.474. The average Bonchev–Trinajstić information content (AvgIpc) is 2.61. The van der Waals surface area contributed by atoms with E-state index in [0.717, 1.165) is 0 Å². The minimum Gasteiger partial charge on any atom is -0.467 e. The Morgan fingerprint density at radius 1 is 1.29 bits per heavy atom. The zero-order valence-electron chi connectivity index (χ0n) is 16.5. The predicted molar refractivity (Wildman–Crippen MR) is 99.7 cm³/mol. The summed E-state index contributed by atoms with van der Waals surface area (Å²) in [5.41, 5.74) is -0.516. The Morgan fingerprint density at radius 3 is 2.61 bits per heavy atom. The zero-order chi connectivity index (χ0) is 20.9. The van der Waals surface area contributed by atoms with Gasteiger partial charge in [0, 0.05) is 23.7 Å². The maximum Gasteiger partial charge on any atom is 0.407 e. The lowest BCUT2D eigenvalue weighted by molar-refractivity contribution is -0.144. The van der Waals surface area contributed by atoms with Gasteiger partial charge in [0.25, 0.3) is 0 Å². The van der Waals surface area contributed by atoms with Crippen molar-refractivity contribution in [3.63, 3.8) is 0 Å². The molecule has 0 saturated heterocycles. The molecule has 0 bridgehead atoms. The van der Waals surface area contributed by atoms with Gasteiger partial charge in [-0.25, -0.2) is 14.2 Å². The maximum atomic E-state index is 14.7. The molecule has 0 aliphatic heterocycles. The third-order valence-corrected chi connectivity index (χ3v) is 3.67. The number of rotatable bonds is 6. The van der Waals surface area contributed by atoms with Crippen LogP contribution in [0.3, 0.4) is 0 Å². The van der Waals surface area contributed by atoms with Crippen molar-refractivity contribution >= 4 is 23.0 Å². The normalized spacial score (nSPS) is 12.4. The van der Waals surface area contributed by atoms with Crippen LogP contribution in [0.1, 0.15) is 39.2 Å². The number of aromatic nitrogens is 2. The second-order valence-corrected chi connectivity index (χ2v) is 6.94. The van der Waals surface area contributed by atoms with E-state index in [1.807, 2.05) is 0 Å². The first-order valence-corrected chi connectivity index (χ1v) is 8.79. The van der Waals surface area contributed by atoms with E-state index in [2.05, 4.69) is 15.3 Å². The van der Waals surface area contributed by atoms with Crippen molar-refractivity contribution in [3.05, 3.63) is 29.7 Å². The summed E-state index contributed by atoms with van der Waals surface area (Å²) in [4.78, 5) is 32.7. The largest absolute Gasteiger partial charge is 0.467 e. The molecule has 2 aromatic rings. The molecule has 1 amide bonds. The van der Waals surface area contributed by atoms with Crippen molar-refractivity contribution in [2.75, 3.05) is 20.3 Å². The second kappa shape index (κ2) is 8.81. The van der Waals surface area contributed by atoms with E-state index in [4.69, 9.17) is 14.2 Å². The smallest absolute Gasteiger partial charge is 0.407 e. The van der Waals surface area contributed by atoms with Gasteiger partial charge in [0.2, 0.25) is 0 Å². The number of carbonyl (C=O) groups excluding carboxylic acids is 2. The van der Waals surface area contributed by atoms with Crippen LogP contribution < -0.4 is 10.1 Å². The summed E-state index contributed by atoms with van der Waals surface area (Å²) in [7, 11) is 1.38. The van der Waals surface area contributed by atoms with Gasteiger partial charge < -0.3 is 19.5 Å². The number of halogens is 1. The molecule has 2 rings (SSSR count). The summed E-state index contributed by atoms with van der Waals surface area (Å²) < 4.78 is 30.0. The third kappa shape index (κ3) is 5.28. The molecule has 0 aliphatic carbocycles. The zero-order valence-corrected chi connectivity index (χ0v) is 16.5. The first kappa shape index (κ1) is 21.3. The van der Waals surface area contributed by atoms with Crippen LogP contribution in [-0.2, 0) is 14.3 Å². The predicted octanol–water partition coefficient (Wildman–Crippen LogP) is 2.95. The molecular weight excluding hydrogens is 369 g/mol. The number of carbonyl (C=O) groups is 2. The van der Waals surface area contributed by atoms with Crippen LogP contribution in [0.25, 0.3) is 10.9 Å². The molecule has 1 unspecified atom stereocenters. The molecule has 28 heavy (non-hydrogen) atoms. The van der Waals surface area contributed by atoms with E-state index in [1.54, 1.807) is 27.7 Å². The molecule has 1 aromatic heterocycles. The highest BCUT2D eigenvalue weighted by atomic mass is 19.1. The molecule has 1 aromatic carbocycles. The summed E-state index contributed by atoms with van der Waals surface area (Å²) in [6, 6.07) is 2.74. The first-order chi connectivity index (χ1) is 13.2. The molecule has 0 aliphatic rings. The number of fused-ring (bicyclic) bond motifs is 1. The Bertz CT molecular complexity index is 867. The van der Waals surface area contributed by atoms with Crippen molar-refractivity contribution in [3.8, 4) is 6.01 Å². The quantitative estimate of drug-likeness (QED) is 0.753. The van der Waals surface area contributed by atoms with Crippen molar-refractivity contribution in [1.29, 1.82) is 0 Å². The van der Waals surface area contributed by atoms with E-state index in [1.165, 1.54) is 25.4 Å². The van der Waals surface area contributed by atoms with Crippen molar-refractivity contribution in [2.24, 2.45) is 0 Å². The van der Waals surface area contributed by atoms with Crippen LogP contribution in [0.5, 0.6) is 6.01 Å². The van der Waals surface area contributed by atoms with Gasteiger partial charge in [-0.15, -0.1) is 0 Å². The number of nitrogens with zero attached hydrogens (tertiary/aromatic N) is 2. The van der Waals surface area contributed by atoms with Crippen LogP contribution in [-0.4, -0.2) is 47.9 Å². The lowest BCUT2D eigenvalue weighted by atomic mass is 9.95. The molecule has 9 heteroatoms. The summed E-state index contributed by atoms with van der Waals surface area (Å²) in [6.07, 6.45) is 0.739. The van der Waals surface area contributed by atoms with Crippen LogP contribution >= 0.6 is 0 Å². The van der Waals surface area contributed by atoms with Crippen LogP contribution in [0, 0.1) is 5.82 Å². The summed E-state index contributed by atoms with van der Waals surface area (Å²) in [6.45, 7) is 6.65. The van der Waals surface area contributed by atoms with Crippen molar-refractivity contribution in [1.82, 2.24) is 15.3 Å². The highest BCUT2D eigenvalue weighted by molar-refractivity contribution is 5.89. The first-order valence-electron chi connectivity index (χ1n) is 8.79. The number of ether oxygens (including phenoxy) is 3. The standard InChI is InChI=1S/C19H24FN3O5/c1-6-27-16(24)12(10-22-18(25)28-19(2,3)4)14-13(20)8-7-11-9-21-17(26-5)23-15(11)14/h7-9,12H,6,10H2,1-5H3,(H,22,25). The number of benzene rings is 1. The van der Waals surface area contributed by atoms with Gasteiger partial charge in [-0.05, 0) is 39.8 Å². The number of hydrogen-bond acceptors (Lipinski definition) is 7. The van der Waals surface area contributed by atoms with Gasteiger partial charge in [-0.1, -0.05) is 0 Å². The minimum absolute atomic E-state index is 0.00675. The van der Waals surface area contributed by atoms with E-state index in [-0.39, 0.29) is 30.2 Å². The Morgan fingerprint density at radius 2 is 2.00 bits per heavy atom. The molecule has 152 valence electrons. The molecule has 0 fully saturated rings. The molecule has 1 atom stereocenters. The topological polar surface area (TPSA) is 99.6 Å². The number of amides is 1. The molecule has 0 radical (unpaired) electrons. The monoisotopic (exact) mass is 393 g/mol. The van der Waals surface area contributed by atoms with Crippen LogP contribution in [0.15, 0.2) is 18.3 Å². The van der Waals surface area contributed by atoms with Crippen molar-refractivity contribution in [2.45, 2.75) is 39.2 Å². The molecular formula is C19H24FN3O5. The number of methoxy groups -OCH3 is 1. The molecule has 8 nitrogen and oxygen atoms in total. The summed E-state index contributed by atoms with van der Waals surface area (Å²) in [5, 5.41) is 3.01. The number of hydrogen-bond donors (Lipinski definition) is 1. The van der Waals surface area contributed by atoms with Gasteiger partial charge in [-0.3, -0.25) is 4.79 Å². The Labute approximate surface area is 162 Å². The van der Waals surface area contributed by atoms with Gasteiger partial charge in [-0.2, -0.15) is 4.98 Å². The average molecular weight is 393 g/mol. The van der Waals surface area contributed by atoms with Gasteiger partial charge >= 0.3 is 18.1 Å². The summed E-state index contributed by atoms with van der Waals surface area (Å²) in [5.74, 6) is -2.48. The molecule has 1 N–H and O–H groups in total. The fourth-order valence-corrected chi connectivity index (χ4v) is 2.55. The molecule has 0 saturated carbocycles. The van der Waals surface area contributed by atoms with E-state index < -0.39 is 29.4 Å². The third-order valence-electron chi connectivity index (χ3n) is 3.67. The van der Waals surface area contributed by atoms with Gasteiger partial charge in [0.15, 0.2) is 0 Å². The molecule has 1 heterocycles. The number of alkyl carbamates (subject to hydrolysis) is 1. The van der Waals surface area contributed by atoms with Gasteiger partial charge in [0.1, 0.15) is 17.3 Å². The highest BCUT2D eigenvalue weighted by Gasteiger charge is 2.29. The van der Waals surface area contributed by atoms with Crippen LogP contribution in [0.2, 0.25) is 0 Å². The van der Waals surface area contributed by atoms with E-state index >= 15 is 0 Å².